The molecule has 0 aliphatic rings. The predicted molar refractivity (Wildman–Crippen MR) is 137 cm³/mol. The van der Waals surface area contributed by atoms with Crippen LogP contribution in [0.4, 0.5) is 21.0 Å². The van der Waals surface area contributed by atoms with Gasteiger partial charge in [-0.1, -0.05) is 48.5 Å². The molecule has 0 aromatic heterocycles. The minimum absolute atomic E-state index is 0.500. The van der Waals surface area contributed by atoms with Crippen molar-refractivity contribution in [3.8, 4) is 11.5 Å². The third-order valence-corrected chi connectivity index (χ3v) is 5.21. The maximum absolute atomic E-state index is 12.1. The minimum atomic E-state index is -0.535. The molecule has 0 saturated heterocycles. The Hall–Kier alpha value is -4.58. The number of hydrogen-bond acceptors (Lipinski definition) is 4. The molecule has 0 atom stereocenters. The van der Waals surface area contributed by atoms with Crippen molar-refractivity contribution in [2.75, 3.05) is 10.6 Å². The molecule has 35 heavy (non-hydrogen) atoms. The van der Waals surface area contributed by atoms with Crippen LogP contribution in [0.1, 0.15) is 22.3 Å². The minimum Gasteiger partial charge on any atom is -0.410 e. The highest BCUT2D eigenvalue weighted by Gasteiger charge is 2.07. The lowest BCUT2D eigenvalue weighted by molar-refractivity contribution is 0.214. The van der Waals surface area contributed by atoms with E-state index >= 15 is 0 Å². The van der Waals surface area contributed by atoms with Crippen molar-refractivity contribution in [2.24, 2.45) is 0 Å². The molecule has 0 heterocycles. The number of rotatable bonds is 6. The molecule has 0 radical (unpaired) electrons. The fourth-order valence-electron chi connectivity index (χ4n) is 3.51. The van der Waals surface area contributed by atoms with Gasteiger partial charge in [-0.05, 0) is 91.1 Å². The average molecular weight is 467 g/mol. The second-order valence-corrected chi connectivity index (χ2v) is 8.23. The first-order chi connectivity index (χ1) is 16.9. The van der Waals surface area contributed by atoms with E-state index in [-0.39, 0.29) is 0 Å². The molecule has 4 aromatic rings. The lowest BCUT2D eigenvalue weighted by atomic mass is 10.0. The first-order valence-electron chi connectivity index (χ1n) is 11.2. The summed E-state index contributed by atoms with van der Waals surface area (Å²) in [5.41, 5.74) is 5.51. The molecule has 0 saturated carbocycles. The van der Waals surface area contributed by atoms with Crippen molar-refractivity contribution < 1.29 is 19.1 Å². The van der Waals surface area contributed by atoms with Gasteiger partial charge in [0.15, 0.2) is 0 Å². The van der Waals surface area contributed by atoms with Crippen LogP contribution in [0, 0.1) is 13.8 Å². The van der Waals surface area contributed by atoms with E-state index in [1.54, 1.807) is 24.3 Å². The second-order valence-electron chi connectivity index (χ2n) is 8.23. The van der Waals surface area contributed by atoms with E-state index in [0.29, 0.717) is 29.3 Å². The Labute approximate surface area is 204 Å². The van der Waals surface area contributed by atoms with Crippen molar-refractivity contribution in [1.29, 1.82) is 0 Å². The Morgan fingerprint density at radius 3 is 1.37 bits per heavy atom. The predicted octanol–water partition coefficient (Wildman–Crippen LogP) is 7.12. The van der Waals surface area contributed by atoms with E-state index in [0.717, 1.165) is 22.3 Å². The SMILES string of the molecule is Cc1cccc(OC(=O)Nc2ccc(Cc3ccc(NC(=O)Oc4cccc(C)c4)cc3)cc2)c1. The maximum atomic E-state index is 12.1. The van der Waals surface area contributed by atoms with Crippen molar-refractivity contribution in [3.05, 3.63) is 119 Å². The molecule has 4 rings (SSSR count). The molecule has 0 fully saturated rings. The number of carbonyl (C=O) groups is 2. The number of ether oxygens (including phenoxy) is 2. The van der Waals surface area contributed by atoms with Crippen LogP contribution in [0.15, 0.2) is 97.1 Å². The van der Waals surface area contributed by atoms with E-state index < -0.39 is 12.2 Å². The monoisotopic (exact) mass is 466 g/mol. The maximum Gasteiger partial charge on any atom is 0.417 e. The van der Waals surface area contributed by atoms with Crippen molar-refractivity contribution >= 4 is 23.6 Å². The molecule has 0 bridgehead atoms. The van der Waals surface area contributed by atoms with Crippen LogP contribution in [0.25, 0.3) is 0 Å². The van der Waals surface area contributed by atoms with Crippen LogP contribution < -0.4 is 20.1 Å². The van der Waals surface area contributed by atoms with Gasteiger partial charge in [-0.15, -0.1) is 0 Å². The van der Waals surface area contributed by atoms with Crippen molar-refractivity contribution in [1.82, 2.24) is 0 Å². The van der Waals surface area contributed by atoms with E-state index in [9.17, 15) is 9.59 Å². The molecule has 0 aliphatic carbocycles. The zero-order valence-electron chi connectivity index (χ0n) is 19.6. The van der Waals surface area contributed by atoms with Gasteiger partial charge in [-0.3, -0.25) is 10.6 Å². The summed E-state index contributed by atoms with van der Waals surface area (Å²) in [6.45, 7) is 3.88. The van der Waals surface area contributed by atoms with E-state index in [1.165, 1.54) is 0 Å². The van der Waals surface area contributed by atoms with E-state index in [4.69, 9.17) is 9.47 Å². The Morgan fingerprint density at radius 2 is 1.00 bits per heavy atom. The molecular weight excluding hydrogens is 440 g/mol. The van der Waals surface area contributed by atoms with Crippen molar-refractivity contribution in [2.45, 2.75) is 20.3 Å². The highest BCUT2D eigenvalue weighted by molar-refractivity contribution is 5.87. The molecule has 6 nitrogen and oxygen atoms in total. The fourth-order valence-corrected chi connectivity index (χ4v) is 3.51. The van der Waals surface area contributed by atoms with Gasteiger partial charge in [0, 0.05) is 11.4 Å². The number of anilines is 2. The lowest BCUT2D eigenvalue weighted by Crippen LogP contribution is -2.16. The molecule has 2 N–H and O–H groups in total. The van der Waals surface area contributed by atoms with Gasteiger partial charge in [0.1, 0.15) is 11.5 Å². The summed E-state index contributed by atoms with van der Waals surface area (Å²) < 4.78 is 10.6. The molecule has 6 heteroatoms. The van der Waals surface area contributed by atoms with Gasteiger partial charge in [-0.25, -0.2) is 9.59 Å². The second kappa shape index (κ2) is 11.0. The van der Waals surface area contributed by atoms with Crippen LogP contribution in [0.2, 0.25) is 0 Å². The van der Waals surface area contributed by atoms with Gasteiger partial charge < -0.3 is 9.47 Å². The zero-order chi connectivity index (χ0) is 24.6. The molecule has 176 valence electrons. The summed E-state index contributed by atoms with van der Waals surface area (Å²) in [5.74, 6) is 1.00. The van der Waals surface area contributed by atoms with Gasteiger partial charge in [0.25, 0.3) is 0 Å². The largest absolute Gasteiger partial charge is 0.417 e. The summed E-state index contributed by atoms with van der Waals surface area (Å²) in [7, 11) is 0. The summed E-state index contributed by atoms with van der Waals surface area (Å²) in [5, 5.41) is 5.47. The van der Waals surface area contributed by atoms with Crippen LogP contribution in [-0.2, 0) is 6.42 Å². The van der Waals surface area contributed by atoms with Gasteiger partial charge in [-0.2, -0.15) is 0 Å². The van der Waals surface area contributed by atoms with Gasteiger partial charge >= 0.3 is 12.2 Å². The molecule has 2 amide bonds. The highest BCUT2D eigenvalue weighted by atomic mass is 16.6. The number of aryl methyl sites for hydroxylation is 2. The topological polar surface area (TPSA) is 76.7 Å². The normalized spacial score (nSPS) is 10.3. The quantitative estimate of drug-likeness (QED) is 0.317. The molecule has 0 aliphatic heterocycles. The summed E-state index contributed by atoms with van der Waals surface area (Å²) in [4.78, 5) is 24.2. The lowest BCUT2D eigenvalue weighted by Gasteiger charge is -2.09. The third-order valence-electron chi connectivity index (χ3n) is 5.21. The average Bonchev–Trinajstić information content (AvgIpc) is 2.81. The standard InChI is InChI=1S/C29H26N2O4/c1-20-5-3-7-26(17-20)34-28(32)30-24-13-9-22(10-14-24)19-23-11-15-25(16-12-23)31-29(33)35-27-8-4-6-21(2)18-27/h3-18H,19H2,1-2H3,(H,30,32)(H,31,33). The summed E-state index contributed by atoms with van der Waals surface area (Å²) >= 11 is 0. The Balaban J connectivity index is 1.27. The highest BCUT2D eigenvalue weighted by Crippen LogP contribution is 2.18. The molecular formula is C29H26N2O4. The first-order valence-corrected chi connectivity index (χ1v) is 11.2. The Morgan fingerprint density at radius 1 is 0.600 bits per heavy atom. The summed E-state index contributed by atoms with van der Waals surface area (Å²) in [6.07, 6.45) is -0.359. The number of hydrogen-bond donors (Lipinski definition) is 2. The number of benzene rings is 4. The van der Waals surface area contributed by atoms with E-state index in [2.05, 4.69) is 10.6 Å². The van der Waals surface area contributed by atoms with Crippen LogP contribution in [0.5, 0.6) is 11.5 Å². The first kappa shape index (κ1) is 23.6. The molecule has 4 aromatic carbocycles. The summed E-state index contributed by atoms with van der Waals surface area (Å²) in [6, 6.07) is 29.8. The van der Waals surface area contributed by atoms with Gasteiger partial charge in [0.05, 0.1) is 0 Å². The third kappa shape index (κ3) is 7.20. The Kier molecular flexibility index (Phi) is 7.43. The number of nitrogens with one attached hydrogen (secondary N) is 2. The van der Waals surface area contributed by atoms with E-state index in [1.807, 2.05) is 86.6 Å². The number of carbonyl (C=O) groups excluding carboxylic acids is 2. The van der Waals surface area contributed by atoms with Crippen LogP contribution in [0.3, 0.4) is 0 Å². The van der Waals surface area contributed by atoms with Crippen LogP contribution >= 0.6 is 0 Å². The molecule has 0 spiro atoms. The van der Waals surface area contributed by atoms with Crippen LogP contribution in [-0.4, -0.2) is 12.2 Å². The van der Waals surface area contributed by atoms with Gasteiger partial charge in [0.2, 0.25) is 0 Å². The fraction of sp³-hybridized carbons (Fsp3) is 0.103. The number of amides is 2. The van der Waals surface area contributed by atoms with Crippen molar-refractivity contribution in [3.63, 3.8) is 0 Å². The zero-order valence-corrected chi connectivity index (χ0v) is 19.6. The smallest absolute Gasteiger partial charge is 0.410 e. The molecule has 0 unspecified atom stereocenters. The Bertz CT molecular complexity index is 1210.